The topological polar surface area (TPSA) is 95.7 Å². The van der Waals surface area contributed by atoms with E-state index in [1.807, 2.05) is 13.8 Å². The molecule has 0 saturated heterocycles. The van der Waals surface area contributed by atoms with Crippen LogP contribution in [-0.4, -0.2) is 43.9 Å². The Hall–Kier alpha value is -2.77. The Labute approximate surface area is 152 Å². The summed E-state index contributed by atoms with van der Waals surface area (Å²) in [6, 6.07) is 3.23. The van der Waals surface area contributed by atoms with Gasteiger partial charge in [0.15, 0.2) is 17.3 Å². The molecule has 0 aliphatic rings. The maximum atomic E-state index is 12.4. The number of rotatable bonds is 9. The van der Waals surface area contributed by atoms with Crippen molar-refractivity contribution in [1.29, 1.82) is 0 Å². The minimum Gasteiger partial charge on any atom is -0.493 e. The van der Waals surface area contributed by atoms with Crippen molar-refractivity contribution in [3.8, 4) is 17.2 Å². The van der Waals surface area contributed by atoms with Crippen LogP contribution >= 0.6 is 0 Å². The standard InChI is InChI=1S/C18H25N3O5/c1-11(2)17-20-15(26-21-17)7-6-8-19-18(22)12-9-13(23-3)16(25-5)14(10-12)24-4/h9-11H,6-8H2,1-5H3,(H,19,22). The van der Waals surface area contributed by atoms with Crippen molar-refractivity contribution in [2.75, 3.05) is 27.9 Å². The van der Waals surface area contributed by atoms with Gasteiger partial charge >= 0.3 is 0 Å². The first-order valence-electron chi connectivity index (χ1n) is 8.40. The fourth-order valence-corrected chi connectivity index (χ4v) is 2.36. The molecule has 0 atom stereocenters. The molecule has 1 N–H and O–H groups in total. The lowest BCUT2D eigenvalue weighted by Crippen LogP contribution is -2.25. The second-order valence-corrected chi connectivity index (χ2v) is 5.97. The van der Waals surface area contributed by atoms with Crippen LogP contribution in [0.3, 0.4) is 0 Å². The molecule has 26 heavy (non-hydrogen) atoms. The summed E-state index contributed by atoms with van der Waals surface area (Å²) in [5.74, 6) is 2.60. The largest absolute Gasteiger partial charge is 0.493 e. The molecule has 1 heterocycles. The van der Waals surface area contributed by atoms with Gasteiger partial charge in [-0.2, -0.15) is 4.98 Å². The summed E-state index contributed by atoms with van der Waals surface area (Å²) in [5, 5.41) is 6.78. The van der Waals surface area contributed by atoms with Crippen LogP contribution in [0.15, 0.2) is 16.7 Å². The zero-order chi connectivity index (χ0) is 19.1. The Bertz CT molecular complexity index is 717. The monoisotopic (exact) mass is 363 g/mol. The van der Waals surface area contributed by atoms with Crippen molar-refractivity contribution in [2.45, 2.75) is 32.6 Å². The van der Waals surface area contributed by atoms with Crippen molar-refractivity contribution in [3.05, 3.63) is 29.4 Å². The molecule has 142 valence electrons. The summed E-state index contributed by atoms with van der Waals surface area (Å²) in [5.41, 5.74) is 0.430. The third-order valence-corrected chi connectivity index (χ3v) is 3.78. The SMILES string of the molecule is COc1cc(C(=O)NCCCc2nc(C(C)C)no2)cc(OC)c1OC. The van der Waals surface area contributed by atoms with Crippen LogP contribution in [0.4, 0.5) is 0 Å². The van der Waals surface area contributed by atoms with Crippen LogP contribution in [0.1, 0.15) is 48.3 Å². The van der Waals surface area contributed by atoms with Gasteiger partial charge in [-0.3, -0.25) is 4.79 Å². The minimum absolute atomic E-state index is 0.224. The van der Waals surface area contributed by atoms with E-state index in [0.29, 0.717) is 53.9 Å². The molecule has 0 aliphatic heterocycles. The lowest BCUT2D eigenvalue weighted by molar-refractivity contribution is 0.0952. The van der Waals surface area contributed by atoms with Crippen molar-refractivity contribution in [2.24, 2.45) is 0 Å². The van der Waals surface area contributed by atoms with Crippen LogP contribution in [0.5, 0.6) is 17.2 Å². The summed E-state index contributed by atoms with van der Waals surface area (Å²) in [7, 11) is 4.53. The van der Waals surface area contributed by atoms with E-state index in [-0.39, 0.29) is 11.8 Å². The first-order valence-corrected chi connectivity index (χ1v) is 8.40. The molecule has 0 unspecified atom stereocenters. The number of benzene rings is 1. The van der Waals surface area contributed by atoms with E-state index in [0.717, 1.165) is 0 Å². The number of aryl methyl sites for hydroxylation is 1. The van der Waals surface area contributed by atoms with Crippen LogP contribution in [0, 0.1) is 0 Å². The minimum atomic E-state index is -0.224. The van der Waals surface area contributed by atoms with E-state index in [1.165, 1.54) is 21.3 Å². The predicted octanol–water partition coefficient (Wildman–Crippen LogP) is 2.58. The molecule has 1 amide bonds. The number of nitrogens with zero attached hydrogens (tertiary/aromatic N) is 2. The Balaban J connectivity index is 1.93. The van der Waals surface area contributed by atoms with Gasteiger partial charge in [0.2, 0.25) is 11.6 Å². The Morgan fingerprint density at radius 3 is 2.31 bits per heavy atom. The summed E-state index contributed by atoms with van der Waals surface area (Å²) in [4.78, 5) is 16.7. The van der Waals surface area contributed by atoms with E-state index >= 15 is 0 Å². The highest BCUT2D eigenvalue weighted by Gasteiger charge is 2.17. The van der Waals surface area contributed by atoms with Gasteiger partial charge in [-0.1, -0.05) is 19.0 Å². The maximum Gasteiger partial charge on any atom is 0.251 e. The lowest BCUT2D eigenvalue weighted by atomic mass is 10.1. The molecule has 0 spiro atoms. The Kier molecular flexibility index (Phi) is 6.82. The molecule has 8 nitrogen and oxygen atoms in total. The van der Waals surface area contributed by atoms with Gasteiger partial charge in [-0.15, -0.1) is 0 Å². The average Bonchev–Trinajstić information content (AvgIpc) is 3.13. The second kappa shape index (κ2) is 9.07. The Morgan fingerprint density at radius 1 is 1.15 bits per heavy atom. The van der Waals surface area contributed by atoms with Gasteiger partial charge in [-0.25, -0.2) is 0 Å². The maximum absolute atomic E-state index is 12.4. The molecule has 1 aromatic heterocycles. The third-order valence-electron chi connectivity index (χ3n) is 3.78. The van der Waals surface area contributed by atoms with Gasteiger partial charge in [0, 0.05) is 24.4 Å². The van der Waals surface area contributed by atoms with Crippen LogP contribution < -0.4 is 19.5 Å². The molecular formula is C18H25N3O5. The number of methoxy groups -OCH3 is 3. The molecular weight excluding hydrogens is 338 g/mol. The van der Waals surface area contributed by atoms with Crippen LogP contribution in [-0.2, 0) is 6.42 Å². The van der Waals surface area contributed by atoms with Crippen molar-refractivity contribution < 1.29 is 23.5 Å². The van der Waals surface area contributed by atoms with Gasteiger partial charge < -0.3 is 24.1 Å². The van der Waals surface area contributed by atoms with Crippen LogP contribution in [0.2, 0.25) is 0 Å². The smallest absolute Gasteiger partial charge is 0.251 e. The fraction of sp³-hybridized carbons (Fsp3) is 0.500. The second-order valence-electron chi connectivity index (χ2n) is 5.97. The molecule has 0 bridgehead atoms. The Morgan fingerprint density at radius 2 is 1.81 bits per heavy atom. The molecule has 0 aliphatic carbocycles. The highest BCUT2D eigenvalue weighted by molar-refractivity contribution is 5.95. The van der Waals surface area contributed by atoms with E-state index in [4.69, 9.17) is 18.7 Å². The molecule has 2 rings (SSSR count). The molecule has 0 radical (unpaired) electrons. The normalized spacial score (nSPS) is 10.7. The lowest BCUT2D eigenvalue weighted by Gasteiger charge is -2.14. The number of aromatic nitrogens is 2. The summed E-state index contributed by atoms with van der Waals surface area (Å²) in [6.45, 7) is 4.49. The van der Waals surface area contributed by atoms with Crippen molar-refractivity contribution in [1.82, 2.24) is 15.5 Å². The number of carbonyl (C=O) groups is 1. The van der Waals surface area contributed by atoms with E-state index in [1.54, 1.807) is 12.1 Å². The molecule has 0 fully saturated rings. The van der Waals surface area contributed by atoms with Crippen molar-refractivity contribution >= 4 is 5.91 Å². The number of nitrogens with one attached hydrogen (secondary N) is 1. The van der Waals surface area contributed by atoms with Gasteiger partial charge in [0.05, 0.1) is 21.3 Å². The van der Waals surface area contributed by atoms with E-state index < -0.39 is 0 Å². The zero-order valence-electron chi connectivity index (χ0n) is 15.8. The number of hydrogen-bond acceptors (Lipinski definition) is 7. The van der Waals surface area contributed by atoms with E-state index in [9.17, 15) is 4.79 Å². The molecule has 8 heteroatoms. The van der Waals surface area contributed by atoms with Crippen molar-refractivity contribution in [3.63, 3.8) is 0 Å². The number of carbonyl (C=O) groups excluding carboxylic acids is 1. The quantitative estimate of drug-likeness (QED) is 0.684. The predicted molar refractivity (Wildman–Crippen MR) is 95.1 cm³/mol. The highest BCUT2D eigenvalue weighted by atomic mass is 16.5. The summed E-state index contributed by atoms with van der Waals surface area (Å²) >= 11 is 0. The zero-order valence-corrected chi connectivity index (χ0v) is 15.8. The van der Waals surface area contributed by atoms with E-state index in [2.05, 4.69) is 15.5 Å². The molecule has 1 aromatic carbocycles. The number of amides is 1. The molecule has 0 saturated carbocycles. The fourth-order valence-electron chi connectivity index (χ4n) is 2.36. The number of hydrogen-bond donors (Lipinski definition) is 1. The van der Waals surface area contributed by atoms with Crippen LogP contribution in [0.25, 0.3) is 0 Å². The van der Waals surface area contributed by atoms with Gasteiger partial charge in [0.1, 0.15) is 0 Å². The molecule has 2 aromatic rings. The first kappa shape index (κ1) is 19.6. The summed E-state index contributed by atoms with van der Waals surface area (Å²) in [6.07, 6.45) is 1.30. The van der Waals surface area contributed by atoms with Gasteiger partial charge in [-0.05, 0) is 18.6 Å². The highest BCUT2D eigenvalue weighted by Crippen LogP contribution is 2.38. The number of ether oxygens (including phenoxy) is 3. The third kappa shape index (κ3) is 4.65. The van der Waals surface area contributed by atoms with Gasteiger partial charge in [0.25, 0.3) is 5.91 Å². The average molecular weight is 363 g/mol. The summed E-state index contributed by atoms with van der Waals surface area (Å²) < 4.78 is 21.0. The first-order chi connectivity index (χ1) is 12.5.